The Bertz CT molecular complexity index is 461. The topological polar surface area (TPSA) is 46.1 Å². The third kappa shape index (κ3) is 29.0. The molecule has 0 fully saturated rings. The van der Waals surface area contributed by atoms with Gasteiger partial charge in [-0.15, -0.1) is 0 Å². The predicted molar refractivity (Wildman–Crippen MR) is 121 cm³/mol. The van der Waals surface area contributed by atoms with Gasteiger partial charge >= 0.3 is 21.1 Å². The Morgan fingerprint density at radius 2 is 1.21 bits per heavy atom. The molecule has 160 valence electrons. The van der Waals surface area contributed by atoms with E-state index in [0.717, 1.165) is 0 Å². The quantitative estimate of drug-likeness (QED) is 0.0930. The summed E-state index contributed by atoms with van der Waals surface area (Å²) in [6, 6.07) is 11.7. The monoisotopic (exact) mass is 526 g/mol. The van der Waals surface area contributed by atoms with E-state index in [1.54, 1.807) is 0 Å². The number of hydrogen-bond donors (Lipinski definition) is 0. The summed E-state index contributed by atoms with van der Waals surface area (Å²) in [4.78, 5) is 18.6. The van der Waals surface area contributed by atoms with Gasteiger partial charge in [-0.1, -0.05) is 103 Å². The van der Waals surface area contributed by atoms with Crippen molar-refractivity contribution in [1.29, 1.82) is 0 Å². The van der Waals surface area contributed by atoms with Crippen molar-refractivity contribution >= 4 is 29.7 Å². The van der Waals surface area contributed by atoms with Gasteiger partial charge in [-0.25, -0.2) is 0 Å². The van der Waals surface area contributed by atoms with Crippen LogP contribution >= 0.6 is 5.69 Å². The summed E-state index contributed by atoms with van der Waals surface area (Å²) < 4.78 is 0. The molecular formula is C22H37MoO2PS2. The van der Waals surface area contributed by atoms with Gasteiger partial charge in [0.25, 0.3) is 0 Å². The van der Waals surface area contributed by atoms with Crippen LogP contribution in [0.4, 0.5) is 0 Å². The molecular weight excluding hydrogens is 487 g/mol. The van der Waals surface area contributed by atoms with Crippen molar-refractivity contribution in [1.82, 2.24) is 0 Å². The van der Waals surface area contributed by atoms with Crippen molar-refractivity contribution in [3.63, 3.8) is 0 Å². The van der Waals surface area contributed by atoms with Gasteiger partial charge in [0.15, 0.2) is 0 Å². The van der Waals surface area contributed by atoms with Crippen LogP contribution in [0.3, 0.4) is 0 Å². The minimum absolute atomic E-state index is 0. The van der Waals surface area contributed by atoms with Crippen molar-refractivity contribution in [2.75, 3.05) is 0 Å². The van der Waals surface area contributed by atoms with E-state index in [0.29, 0.717) is 0 Å². The maximum absolute atomic E-state index is 9.29. The number of benzene rings is 1. The summed E-state index contributed by atoms with van der Waals surface area (Å²) in [5, 5.41) is 0. The zero-order chi connectivity index (χ0) is 20.2. The molecule has 0 saturated carbocycles. The summed E-state index contributed by atoms with van der Waals surface area (Å²) in [5.41, 5.74) is -2.35. The fourth-order valence-electron chi connectivity index (χ4n) is 3.10. The van der Waals surface area contributed by atoms with E-state index in [1.165, 1.54) is 102 Å². The van der Waals surface area contributed by atoms with Crippen LogP contribution in [-0.4, -0.2) is 0 Å². The normalized spacial score (nSPS) is 10.7. The Morgan fingerprint density at radius 3 is 1.57 bits per heavy atom. The first-order valence-electron chi connectivity index (χ1n) is 10.6. The maximum Gasteiger partial charge on any atom is 4.00 e. The van der Waals surface area contributed by atoms with Gasteiger partial charge in [0.05, 0.1) is 0 Å². The Morgan fingerprint density at radius 1 is 0.821 bits per heavy atom. The van der Waals surface area contributed by atoms with Crippen molar-refractivity contribution < 1.29 is 30.9 Å². The van der Waals surface area contributed by atoms with E-state index in [2.05, 4.69) is 55.2 Å². The van der Waals surface area contributed by atoms with Gasteiger partial charge < -0.3 is 27.7 Å². The summed E-state index contributed by atoms with van der Waals surface area (Å²) in [6.45, 7) is 2.29. The number of rotatable bonds is 15. The molecule has 0 unspecified atom stereocenters. The van der Waals surface area contributed by atoms with Gasteiger partial charge in [0, 0.05) is 0 Å². The number of aryl methyl sites for hydroxylation is 1. The van der Waals surface area contributed by atoms with Crippen molar-refractivity contribution in [2.45, 2.75) is 103 Å². The molecule has 1 rings (SSSR count). The second-order valence-corrected chi connectivity index (χ2v) is 11.7. The van der Waals surface area contributed by atoms with E-state index < -0.39 is 5.69 Å². The van der Waals surface area contributed by atoms with Gasteiger partial charge in [0.2, 0.25) is 0 Å². The van der Waals surface area contributed by atoms with Crippen LogP contribution in [0.15, 0.2) is 24.3 Å². The zero-order valence-corrected chi connectivity index (χ0v) is 21.9. The number of hydrogen-bond acceptors (Lipinski definition) is 4. The van der Waals surface area contributed by atoms with Crippen molar-refractivity contribution in [3.8, 4) is 0 Å². The van der Waals surface area contributed by atoms with Gasteiger partial charge in [-0.05, 0) is 0 Å². The fourth-order valence-corrected chi connectivity index (χ4v) is 3.10. The SMILES string of the molecule is CCCCCCCCCCCCCCCCc1[c-]cccc1.[Mo+4].[O-]P([O-])(=S)[S-]. The van der Waals surface area contributed by atoms with E-state index in [-0.39, 0.29) is 21.1 Å². The molecule has 6 heteroatoms. The molecule has 0 aromatic heterocycles. The zero-order valence-electron chi connectivity index (χ0n) is 17.4. The molecule has 0 aliphatic heterocycles. The first-order chi connectivity index (χ1) is 12.9. The van der Waals surface area contributed by atoms with Crippen LogP contribution in [0, 0.1) is 6.07 Å². The fraction of sp³-hybridized carbons (Fsp3) is 0.727. The second-order valence-electron chi connectivity index (χ2n) is 7.18. The Labute approximate surface area is 198 Å². The van der Waals surface area contributed by atoms with Crippen LogP contribution in [0.5, 0.6) is 0 Å². The van der Waals surface area contributed by atoms with Gasteiger partial charge in [-0.2, -0.15) is 47.7 Å². The summed E-state index contributed by atoms with van der Waals surface area (Å²) in [7, 11) is 0. The smallest absolute Gasteiger partial charge is 0.850 e. The average Bonchev–Trinajstić information content (AvgIpc) is 2.61. The molecule has 0 aliphatic rings. The Hall–Kier alpha value is 0.828. The molecule has 0 atom stereocenters. The van der Waals surface area contributed by atoms with E-state index in [4.69, 9.17) is 0 Å². The standard InChI is InChI=1S/C22H37.Mo.H3O2PS2/c1-2-3-4-5-6-7-8-9-10-11-12-13-14-16-19-22-20-17-15-18-21-22;;1-3(2,4)5/h15,17-18,20H,2-14,16,19H2,1H3;;(H3,1,2,4,5)/q-1;+4;/p-3. The summed E-state index contributed by atoms with van der Waals surface area (Å²) in [6.07, 6.45) is 21.3. The molecule has 2 nitrogen and oxygen atoms in total. The largest absolute Gasteiger partial charge is 4.00 e. The Kier molecular flexibility index (Phi) is 24.9. The van der Waals surface area contributed by atoms with Gasteiger partial charge in [0.1, 0.15) is 0 Å². The molecule has 0 aliphatic carbocycles. The molecule has 0 spiro atoms. The number of unbranched alkanes of at least 4 members (excludes halogenated alkanes) is 13. The van der Waals surface area contributed by atoms with Crippen molar-refractivity contribution in [2.24, 2.45) is 0 Å². The van der Waals surface area contributed by atoms with Crippen LogP contribution in [-0.2, 0) is 51.5 Å². The third-order valence-electron chi connectivity index (χ3n) is 4.57. The maximum atomic E-state index is 9.29. The van der Waals surface area contributed by atoms with E-state index >= 15 is 0 Å². The first kappa shape index (κ1) is 31.0. The van der Waals surface area contributed by atoms with Crippen LogP contribution in [0.1, 0.15) is 102 Å². The predicted octanol–water partition coefficient (Wildman–Crippen LogP) is 5.99. The van der Waals surface area contributed by atoms with Crippen LogP contribution in [0.25, 0.3) is 0 Å². The minimum atomic E-state index is -3.72. The molecule has 1 aromatic carbocycles. The van der Waals surface area contributed by atoms with Crippen LogP contribution < -0.4 is 9.79 Å². The van der Waals surface area contributed by atoms with E-state index in [1.807, 2.05) is 6.07 Å². The Balaban J connectivity index is 0. The molecule has 0 bridgehead atoms. The molecule has 1 aromatic rings. The molecule has 0 radical (unpaired) electrons. The van der Waals surface area contributed by atoms with Crippen molar-refractivity contribution in [3.05, 3.63) is 35.9 Å². The summed E-state index contributed by atoms with van der Waals surface area (Å²) >= 11 is 7.28. The summed E-state index contributed by atoms with van der Waals surface area (Å²) in [5.74, 6) is 0. The molecule has 0 N–H and O–H groups in total. The van der Waals surface area contributed by atoms with E-state index in [9.17, 15) is 9.79 Å². The molecule has 0 amide bonds. The third-order valence-corrected chi connectivity index (χ3v) is 4.57. The molecule has 0 saturated heterocycles. The average molecular weight is 525 g/mol. The molecule has 0 heterocycles. The van der Waals surface area contributed by atoms with Gasteiger partial charge in [-0.3, -0.25) is 0 Å². The first-order valence-corrected chi connectivity index (χ1v) is 14.3. The van der Waals surface area contributed by atoms with Crippen LogP contribution in [0.2, 0.25) is 0 Å². The minimum Gasteiger partial charge on any atom is -0.850 e. The second kappa shape index (κ2) is 22.5. The molecule has 28 heavy (non-hydrogen) atoms.